The van der Waals surface area contributed by atoms with Crippen molar-refractivity contribution in [3.8, 4) is 0 Å². The average Bonchev–Trinajstić information content (AvgIpc) is 3.35. The minimum absolute atomic E-state index is 0.156. The normalized spacial score (nSPS) is 12.4. The van der Waals surface area contributed by atoms with E-state index in [0.717, 1.165) is 0 Å². The van der Waals surface area contributed by atoms with Crippen LogP contribution >= 0.6 is 0 Å². The molecule has 0 radical (unpaired) electrons. The third-order valence-electron chi connectivity index (χ3n) is 5.12. The van der Waals surface area contributed by atoms with Crippen LogP contribution in [-0.4, -0.2) is 78.0 Å². The summed E-state index contributed by atoms with van der Waals surface area (Å²) >= 11 is 0. The van der Waals surface area contributed by atoms with Gasteiger partial charge in [0, 0.05) is 19.1 Å². The third-order valence-corrected chi connectivity index (χ3v) is 7.18. The number of carbonyl (C=O) groups excluding carboxylic acids is 1. The van der Waals surface area contributed by atoms with E-state index in [0.29, 0.717) is 23.6 Å². The molecule has 1 atom stereocenters. The molecule has 3 N–H and O–H groups in total. The van der Waals surface area contributed by atoms with Crippen LogP contribution in [0.2, 0.25) is 0 Å². The number of carbonyl (C=O) groups is 3. The van der Waals surface area contributed by atoms with E-state index in [1.165, 1.54) is 34.8 Å². The third kappa shape index (κ3) is 10.5. The first-order chi connectivity index (χ1) is 17.6. The summed E-state index contributed by atoms with van der Waals surface area (Å²) in [4.78, 5) is 31.5. The summed E-state index contributed by atoms with van der Waals surface area (Å²) in [7, 11) is -3.59. The SMILES string of the molecule is CCN(CC)S(=O)(=O)c1ccc(C(C)NCC(=O)N(Cc2ccco2)CC(F)(F)F)cc1.O=C(O)C(=O)O. The Labute approximate surface area is 217 Å². The largest absolute Gasteiger partial charge is 0.473 e. The number of aliphatic carboxylic acids is 2. The molecule has 0 aliphatic carbocycles. The van der Waals surface area contributed by atoms with Crippen molar-refractivity contribution in [3.05, 3.63) is 54.0 Å². The maximum absolute atomic E-state index is 12.9. The van der Waals surface area contributed by atoms with Gasteiger partial charge in [0.15, 0.2) is 0 Å². The van der Waals surface area contributed by atoms with Gasteiger partial charge in [0.05, 0.1) is 24.2 Å². The number of carboxylic acids is 2. The number of hydrogen-bond donors (Lipinski definition) is 3. The fourth-order valence-corrected chi connectivity index (χ4v) is 4.61. The molecular weight excluding hydrogens is 535 g/mol. The number of rotatable bonds is 11. The summed E-state index contributed by atoms with van der Waals surface area (Å²) in [5.41, 5.74) is 0.699. The van der Waals surface area contributed by atoms with Gasteiger partial charge in [0.25, 0.3) is 0 Å². The van der Waals surface area contributed by atoms with Gasteiger partial charge in [-0.2, -0.15) is 17.5 Å². The Bertz CT molecular complexity index is 1140. The highest BCUT2D eigenvalue weighted by Gasteiger charge is 2.33. The van der Waals surface area contributed by atoms with E-state index in [9.17, 15) is 26.4 Å². The average molecular weight is 566 g/mol. The maximum Gasteiger partial charge on any atom is 0.414 e. The molecule has 2 rings (SSSR count). The van der Waals surface area contributed by atoms with Crippen LogP contribution in [0.5, 0.6) is 0 Å². The van der Waals surface area contributed by atoms with Crippen LogP contribution < -0.4 is 5.32 Å². The van der Waals surface area contributed by atoms with Crippen LogP contribution in [0.4, 0.5) is 13.2 Å². The van der Waals surface area contributed by atoms with E-state index in [-0.39, 0.29) is 29.8 Å². The Morgan fingerprint density at radius 2 is 1.58 bits per heavy atom. The lowest BCUT2D eigenvalue weighted by molar-refractivity contribution is -0.162. The van der Waals surface area contributed by atoms with Crippen molar-refractivity contribution >= 4 is 27.9 Å². The molecule has 0 aliphatic heterocycles. The summed E-state index contributed by atoms with van der Waals surface area (Å²) in [6.07, 6.45) is -3.21. The fraction of sp³-hybridized carbons (Fsp3) is 0.435. The maximum atomic E-state index is 12.9. The van der Waals surface area contributed by atoms with Crippen LogP contribution in [0.15, 0.2) is 52.0 Å². The van der Waals surface area contributed by atoms with Gasteiger partial charge in [-0.3, -0.25) is 4.79 Å². The van der Waals surface area contributed by atoms with Gasteiger partial charge in [-0.05, 0) is 36.8 Å². The summed E-state index contributed by atoms with van der Waals surface area (Å²) in [6, 6.07) is 8.85. The van der Waals surface area contributed by atoms with Gasteiger partial charge in [0.1, 0.15) is 12.3 Å². The number of benzene rings is 1. The van der Waals surface area contributed by atoms with E-state index < -0.39 is 40.6 Å². The summed E-state index contributed by atoms with van der Waals surface area (Å²) in [6.45, 7) is 3.96. The second-order valence-electron chi connectivity index (χ2n) is 7.82. The molecule has 1 heterocycles. The van der Waals surface area contributed by atoms with Crippen molar-refractivity contribution in [2.24, 2.45) is 0 Å². The Morgan fingerprint density at radius 3 is 2.00 bits per heavy atom. The van der Waals surface area contributed by atoms with Crippen molar-refractivity contribution < 1.29 is 50.6 Å². The van der Waals surface area contributed by atoms with E-state index >= 15 is 0 Å². The van der Waals surface area contributed by atoms with Gasteiger partial charge in [0.2, 0.25) is 15.9 Å². The van der Waals surface area contributed by atoms with Crippen molar-refractivity contribution in [2.75, 3.05) is 26.2 Å². The van der Waals surface area contributed by atoms with Crippen molar-refractivity contribution in [1.82, 2.24) is 14.5 Å². The smallest absolute Gasteiger partial charge is 0.414 e. The molecule has 0 saturated carbocycles. The highest BCUT2D eigenvalue weighted by molar-refractivity contribution is 7.89. The molecular formula is C23H30F3N3O8S. The number of carboxylic acid groups (broad SMARTS) is 2. The van der Waals surface area contributed by atoms with Crippen LogP contribution in [0.25, 0.3) is 0 Å². The highest BCUT2D eigenvalue weighted by Crippen LogP contribution is 2.21. The van der Waals surface area contributed by atoms with Crippen LogP contribution in [0, 0.1) is 0 Å². The number of sulfonamides is 1. The van der Waals surface area contributed by atoms with Gasteiger partial charge in [-0.15, -0.1) is 0 Å². The Kier molecular flexibility index (Phi) is 12.4. The van der Waals surface area contributed by atoms with E-state index in [2.05, 4.69) is 5.32 Å². The predicted molar refractivity (Wildman–Crippen MR) is 128 cm³/mol. The first kappa shape index (κ1) is 32.6. The molecule has 0 saturated heterocycles. The number of amides is 1. The molecule has 38 heavy (non-hydrogen) atoms. The minimum Gasteiger partial charge on any atom is -0.473 e. The second kappa shape index (κ2) is 14.5. The van der Waals surface area contributed by atoms with Gasteiger partial charge in [-0.25, -0.2) is 18.0 Å². The molecule has 1 unspecified atom stereocenters. The lowest BCUT2D eigenvalue weighted by atomic mass is 10.1. The van der Waals surface area contributed by atoms with Crippen molar-refractivity contribution in [2.45, 2.75) is 44.4 Å². The number of hydrogen-bond acceptors (Lipinski definition) is 7. The Morgan fingerprint density at radius 1 is 1.03 bits per heavy atom. The summed E-state index contributed by atoms with van der Waals surface area (Å²) in [5.74, 6) is -4.13. The Balaban J connectivity index is 0.00000107. The zero-order valence-corrected chi connectivity index (χ0v) is 21.8. The molecule has 1 aromatic carbocycles. The summed E-state index contributed by atoms with van der Waals surface area (Å²) in [5, 5.41) is 17.7. The van der Waals surface area contributed by atoms with E-state index in [1.807, 2.05) is 0 Å². The Hall–Kier alpha value is -3.43. The molecule has 11 nitrogen and oxygen atoms in total. The molecule has 2 aromatic rings. The zero-order valence-electron chi connectivity index (χ0n) is 20.9. The van der Waals surface area contributed by atoms with Gasteiger partial charge in [-0.1, -0.05) is 26.0 Å². The zero-order chi connectivity index (χ0) is 29.1. The summed E-state index contributed by atoms with van der Waals surface area (Å²) < 4.78 is 70.3. The van der Waals surface area contributed by atoms with E-state index in [4.69, 9.17) is 24.2 Å². The number of alkyl halides is 3. The first-order valence-electron chi connectivity index (χ1n) is 11.3. The minimum atomic E-state index is -4.54. The van der Waals surface area contributed by atoms with Gasteiger partial charge < -0.3 is 24.8 Å². The molecule has 1 aromatic heterocycles. The topological polar surface area (TPSA) is 157 Å². The number of nitrogens with zero attached hydrogens (tertiary/aromatic N) is 2. The lowest BCUT2D eigenvalue weighted by Crippen LogP contribution is -2.43. The molecule has 1 amide bonds. The second-order valence-corrected chi connectivity index (χ2v) is 9.75. The lowest BCUT2D eigenvalue weighted by Gasteiger charge is -2.24. The van der Waals surface area contributed by atoms with Crippen LogP contribution in [-0.2, 0) is 31.0 Å². The molecule has 212 valence electrons. The van der Waals surface area contributed by atoms with E-state index in [1.54, 1.807) is 32.9 Å². The number of nitrogens with one attached hydrogen (secondary N) is 1. The van der Waals surface area contributed by atoms with Gasteiger partial charge >= 0.3 is 18.1 Å². The van der Waals surface area contributed by atoms with Crippen molar-refractivity contribution in [3.63, 3.8) is 0 Å². The predicted octanol–water partition coefficient (Wildman–Crippen LogP) is 2.71. The molecule has 0 bridgehead atoms. The fourth-order valence-electron chi connectivity index (χ4n) is 3.15. The molecule has 0 fully saturated rings. The molecule has 15 heteroatoms. The first-order valence-corrected chi connectivity index (χ1v) is 12.7. The van der Waals surface area contributed by atoms with Crippen LogP contribution in [0.1, 0.15) is 38.1 Å². The number of halogens is 3. The molecule has 0 spiro atoms. The standard InChI is InChI=1S/C21H28F3N3O4S.C2H2O4/c1-4-27(5-2)32(29,30)19-10-8-17(9-11-19)16(3)25-13-20(28)26(15-21(22,23)24)14-18-7-6-12-31-18;3-1(4)2(5)6/h6-12,16,25H,4-5,13-15H2,1-3H3;(H,3,4)(H,5,6). The van der Waals surface area contributed by atoms with Crippen molar-refractivity contribution in [1.29, 1.82) is 0 Å². The monoisotopic (exact) mass is 565 g/mol. The number of furan rings is 1. The highest BCUT2D eigenvalue weighted by atomic mass is 32.2. The van der Waals surface area contributed by atoms with Crippen LogP contribution in [0.3, 0.4) is 0 Å². The molecule has 0 aliphatic rings. The quantitative estimate of drug-likeness (QED) is 0.349.